The number of Topliss-reactive ketones (excluding diaryl/α,β-unsaturated/α-hetero) is 2. The number of ketones is 2. The van der Waals surface area contributed by atoms with E-state index in [4.69, 9.17) is 4.74 Å². The van der Waals surface area contributed by atoms with Gasteiger partial charge in [0, 0.05) is 62.5 Å². The Morgan fingerprint density at radius 2 is 1.59 bits per heavy atom. The van der Waals surface area contributed by atoms with Gasteiger partial charge in [0.05, 0.1) is 0 Å². The molecule has 1 aliphatic carbocycles. The Kier molecular flexibility index (Phi) is 16.4. The first-order valence-electron chi connectivity index (χ1n) is 15.3. The van der Waals surface area contributed by atoms with Crippen LogP contribution in [0, 0.1) is 5.92 Å². The average Bonchev–Trinajstić information content (AvgIpc) is 3.00. The highest BCUT2D eigenvalue weighted by Crippen LogP contribution is 2.26. The molecule has 0 saturated heterocycles. The van der Waals surface area contributed by atoms with Gasteiger partial charge in [0.25, 0.3) is 0 Å². The SMILES string of the molecule is CCCC(CCCCNC(=O)NCCCOCC(=O)NCc1ccc(C(=O)C2=C(NC)CCCC2)cc1)C(=O)CC. The quantitative estimate of drug-likeness (QED) is 0.132. The van der Waals surface area contributed by atoms with Crippen LogP contribution in [0.15, 0.2) is 35.5 Å². The van der Waals surface area contributed by atoms with Gasteiger partial charge < -0.3 is 26.0 Å². The maximum atomic E-state index is 12.9. The zero-order valence-corrected chi connectivity index (χ0v) is 25.2. The third kappa shape index (κ3) is 12.9. The van der Waals surface area contributed by atoms with Gasteiger partial charge in [-0.2, -0.15) is 0 Å². The molecule has 0 aliphatic heterocycles. The van der Waals surface area contributed by atoms with Crippen molar-refractivity contribution < 1.29 is 23.9 Å². The number of urea groups is 1. The van der Waals surface area contributed by atoms with E-state index in [0.29, 0.717) is 50.4 Å². The van der Waals surface area contributed by atoms with Crippen LogP contribution in [0.5, 0.6) is 0 Å². The number of hydrogen-bond acceptors (Lipinski definition) is 6. The maximum absolute atomic E-state index is 12.9. The Labute approximate surface area is 245 Å². The van der Waals surface area contributed by atoms with Gasteiger partial charge in [-0.1, -0.05) is 51.0 Å². The Bertz CT molecular complexity index is 1010. The Morgan fingerprint density at radius 1 is 0.878 bits per heavy atom. The van der Waals surface area contributed by atoms with Crippen molar-refractivity contribution >= 4 is 23.5 Å². The van der Waals surface area contributed by atoms with Gasteiger partial charge >= 0.3 is 6.03 Å². The van der Waals surface area contributed by atoms with Crippen LogP contribution in [0.1, 0.15) is 100 Å². The molecule has 1 aromatic carbocycles. The highest BCUT2D eigenvalue weighted by atomic mass is 16.5. The van der Waals surface area contributed by atoms with E-state index in [-0.39, 0.29) is 30.2 Å². The van der Waals surface area contributed by atoms with Gasteiger partial charge in [0.15, 0.2) is 5.78 Å². The third-order valence-corrected chi connectivity index (χ3v) is 7.44. The first-order valence-corrected chi connectivity index (χ1v) is 15.3. The molecule has 0 saturated carbocycles. The number of unbranched alkanes of at least 4 members (excludes halogenated alkanes) is 1. The zero-order chi connectivity index (χ0) is 29.9. The minimum absolute atomic E-state index is 0.0523. The number of ether oxygens (including phenoxy) is 1. The largest absolute Gasteiger partial charge is 0.391 e. The summed E-state index contributed by atoms with van der Waals surface area (Å²) in [5.74, 6) is 0.346. The summed E-state index contributed by atoms with van der Waals surface area (Å²) in [6, 6.07) is 7.14. The second-order valence-corrected chi connectivity index (χ2v) is 10.6. The maximum Gasteiger partial charge on any atom is 0.314 e. The first-order chi connectivity index (χ1) is 19.9. The van der Waals surface area contributed by atoms with Crippen molar-refractivity contribution in [1.82, 2.24) is 21.3 Å². The van der Waals surface area contributed by atoms with E-state index in [9.17, 15) is 19.2 Å². The molecule has 228 valence electrons. The smallest absolute Gasteiger partial charge is 0.314 e. The first kappa shape index (κ1) is 34.0. The van der Waals surface area contributed by atoms with E-state index < -0.39 is 0 Å². The molecule has 9 heteroatoms. The van der Waals surface area contributed by atoms with Crippen molar-refractivity contribution in [2.24, 2.45) is 5.92 Å². The van der Waals surface area contributed by atoms with E-state index in [1.807, 2.05) is 38.2 Å². The van der Waals surface area contributed by atoms with Crippen LogP contribution < -0.4 is 21.3 Å². The summed E-state index contributed by atoms with van der Waals surface area (Å²) in [6.07, 6.45) is 9.67. The molecule has 0 fully saturated rings. The summed E-state index contributed by atoms with van der Waals surface area (Å²) in [7, 11) is 1.87. The molecule has 0 bridgehead atoms. The van der Waals surface area contributed by atoms with Crippen LogP contribution in [-0.4, -0.2) is 56.9 Å². The third-order valence-electron chi connectivity index (χ3n) is 7.44. The highest BCUT2D eigenvalue weighted by Gasteiger charge is 2.20. The molecule has 1 aromatic rings. The zero-order valence-electron chi connectivity index (χ0n) is 25.2. The van der Waals surface area contributed by atoms with Crippen molar-refractivity contribution in [3.63, 3.8) is 0 Å². The molecule has 0 radical (unpaired) electrons. The van der Waals surface area contributed by atoms with Crippen LogP contribution in [0.25, 0.3) is 0 Å². The Morgan fingerprint density at radius 3 is 2.27 bits per heavy atom. The lowest BCUT2D eigenvalue weighted by atomic mass is 9.90. The van der Waals surface area contributed by atoms with Crippen LogP contribution in [0.3, 0.4) is 0 Å². The molecule has 2 rings (SSSR count). The fraction of sp³-hybridized carbons (Fsp3) is 0.625. The van der Waals surface area contributed by atoms with E-state index in [1.165, 1.54) is 0 Å². The minimum atomic E-state index is -0.219. The van der Waals surface area contributed by atoms with Crippen molar-refractivity contribution in [1.29, 1.82) is 0 Å². The number of nitrogens with one attached hydrogen (secondary N) is 4. The number of amides is 3. The van der Waals surface area contributed by atoms with Gasteiger partial charge in [0.1, 0.15) is 12.4 Å². The Balaban J connectivity index is 1.52. The van der Waals surface area contributed by atoms with Crippen LogP contribution in [0.4, 0.5) is 4.79 Å². The summed E-state index contributed by atoms with van der Waals surface area (Å²) in [6.45, 7) is 5.72. The minimum Gasteiger partial charge on any atom is -0.391 e. The summed E-state index contributed by atoms with van der Waals surface area (Å²) in [4.78, 5) is 48.9. The standard InChI is InChI=1S/C32H50N4O5/c1-4-11-25(29(37)5-2)12-8-9-19-34-32(40)35-20-10-21-41-23-30(38)36-22-24-15-17-26(18-16-24)31(39)27-13-6-7-14-28(27)33-3/h15-18,25,33H,4-14,19-23H2,1-3H3,(H,36,38)(H2,34,35,40). The highest BCUT2D eigenvalue weighted by molar-refractivity contribution is 6.09. The van der Waals surface area contributed by atoms with Gasteiger partial charge in [-0.25, -0.2) is 4.79 Å². The second kappa shape index (κ2) is 19.8. The Hall–Kier alpha value is -3.20. The van der Waals surface area contributed by atoms with Crippen molar-refractivity contribution in [3.8, 4) is 0 Å². The molecule has 0 aromatic heterocycles. The van der Waals surface area contributed by atoms with Crippen molar-refractivity contribution in [2.45, 2.75) is 91.0 Å². The second-order valence-electron chi connectivity index (χ2n) is 10.6. The van der Waals surface area contributed by atoms with Gasteiger partial charge in [-0.15, -0.1) is 0 Å². The van der Waals surface area contributed by atoms with E-state index in [1.54, 1.807) is 0 Å². The summed E-state index contributed by atoms with van der Waals surface area (Å²) >= 11 is 0. The van der Waals surface area contributed by atoms with Crippen LogP contribution in [0.2, 0.25) is 0 Å². The van der Waals surface area contributed by atoms with Crippen LogP contribution >= 0.6 is 0 Å². The number of benzene rings is 1. The fourth-order valence-corrected chi connectivity index (χ4v) is 5.06. The summed E-state index contributed by atoms with van der Waals surface area (Å²) < 4.78 is 5.42. The predicted molar refractivity (Wildman–Crippen MR) is 162 cm³/mol. The number of rotatable bonds is 20. The van der Waals surface area contributed by atoms with E-state index in [0.717, 1.165) is 74.6 Å². The molecule has 1 atom stereocenters. The number of hydrogen-bond donors (Lipinski definition) is 4. The normalized spacial score (nSPS) is 13.8. The van der Waals surface area contributed by atoms with Crippen LogP contribution in [-0.2, 0) is 20.9 Å². The number of allylic oxidation sites excluding steroid dienone is 2. The molecule has 3 amide bonds. The molecular formula is C32H50N4O5. The van der Waals surface area contributed by atoms with Crippen molar-refractivity contribution in [3.05, 3.63) is 46.7 Å². The van der Waals surface area contributed by atoms with Gasteiger partial charge in [-0.05, 0) is 56.9 Å². The predicted octanol–water partition coefficient (Wildman–Crippen LogP) is 4.80. The lowest BCUT2D eigenvalue weighted by Gasteiger charge is -2.19. The molecule has 0 spiro atoms. The van der Waals surface area contributed by atoms with E-state index in [2.05, 4.69) is 28.2 Å². The average molecular weight is 571 g/mol. The molecule has 1 aliphatic rings. The topological polar surface area (TPSA) is 126 Å². The molecule has 1 unspecified atom stereocenters. The van der Waals surface area contributed by atoms with E-state index >= 15 is 0 Å². The fourth-order valence-electron chi connectivity index (χ4n) is 5.06. The molecule has 41 heavy (non-hydrogen) atoms. The molecule has 4 N–H and O–H groups in total. The van der Waals surface area contributed by atoms with Crippen molar-refractivity contribution in [2.75, 3.05) is 33.4 Å². The molecule has 9 nitrogen and oxygen atoms in total. The molecular weight excluding hydrogens is 520 g/mol. The monoisotopic (exact) mass is 570 g/mol. The lowest BCUT2D eigenvalue weighted by molar-refractivity contribution is -0.126. The lowest BCUT2D eigenvalue weighted by Crippen LogP contribution is -2.37. The summed E-state index contributed by atoms with van der Waals surface area (Å²) in [5, 5.41) is 11.6. The number of carbonyl (C=O) groups is 4. The molecule has 0 heterocycles. The van der Waals surface area contributed by atoms with Gasteiger partial charge in [0.2, 0.25) is 5.91 Å². The van der Waals surface area contributed by atoms with Gasteiger partial charge in [-0.3, -0.25) is 14.4 Å². The number of carbonyl (C=O) groups excluding carboxylic acids is 4. The summed E-state index contributed by atoms with van der Waals surface area (Å²) in [5.41, 5.74) is 3.49.